The van der Waals surface area contributed by atoms with Crippen LogP contribution in [-0.2, 0) is 0 Å². The molecule has 1 aromatic rings. The molecule has 0 spiro atoms. The minimum atomic E-state index is -0.411. The number of hydrogen-bond acceptors (Lipinski definition) is 5. The quantitative estimate of drug-likeness (QED) is 0.714. The molecule has 0 aliphatic carbocycles. The van der Waals surface area contributed by atoms with Gasteiger partial charge in [0, 0.05) is 11.6 Å². The maximum atomic E-state index is 9.27. The van der Waals surface area contributed by atoms with Gasteiger partial charge in [0.1, 0.15) is 11.5 Å². The Morgan fingerprint density at radius 2 is 1.89 bits per heavy atom. The summed E-state index contributed by atoms with van der Waals surface area (Å²) in [5.74, 6) is 1.57. The van der Waals surface area contributed by atoms with E-state index in [4.69, 9.17) is 15.2 Å². The van der Waals surface area contributed by atoms with Gasteiger partial charge >= 0.3 is 0 Å². The second-order valence-corrected chi connectivity index (χ2v) is 4.56. The second kappa shape index (κ2) is 6.75. The summed E-state index contributed by atoms with van der Waals surface area (Å²) < 4.78 is 10.9. The van der Waals surface area contributed by atoms with Crippen LogP contribution >= 0.6 is 0 Å². The van der Waals surface area contributed by atoms with E-state index in [2.05, 4.69) is 5.32 Å². The first kappa shape index (κ1) is 15.8. The Hall–Kier alpha value is -1.30. The van der Waals surface area contributed by atoms with Crippen molar-refractivity contribution in [3.8, 4) is 11.5 Å². The van der Waals surface area contributed by atoms with Crippen LogP contribution in [0.5, 0.6) is 11.5 Å². The van der Waals surface area contributed by atoms with E-state index in [1.165, 1.54) is 0 Å². The highest BCUT2D eigenvalue weighted by molar-refractivity contribution is 5.54. The zero-order chi connectivity index (χ0) is 14.6. The number of nitrogens with one attached hydrogen (secondary N) is 1. The summed E-state index contributed by atoms with van der Waals surface area (Å²) in [7, 11) is 5.08. The Kier molecular flexibility index (Phi) is 5.60. The average Bonchev–Trinajstić information content (AvgIpc) is 2.43. The Labute approximate surface area is 114 Å². The highest BCUT2D eigenvalue weighted by Crippen LogP contribution is 2.37. The molecular formula is C14H24N2O3. The van der Waals surface area contributed by atoms with E-state index in [1.807, 2.05) is 19.9 Å². The predicted molar refractivity (Wildman–Crippen MR) is 75.9 cm³/mol. The lowest BCUT2D eigenvalue weighted by Crippen LogP contribution is -2.39. The Balaban J connectivity index is 3.43. The number of rotatable bonds is 6. The number of benzene rings is 1. The predicted octanol–water partition coefficient (Wildman–Crippen LogP) is 0.901. The minimum absolute atomic E-state index is 0.107. The van der Waals surface area contributed by atoms with Gasteiger partial charge in [-0.1, -0.05) is 0 Å². The van der Waals surface area contributed by atoms with Gasteiger partial charge in [0.25, 0.3) is 0 Å². The topological polar surface area (TPSA) is 76.7 Å². The Morgan fingerprint density at radius 3 is 2.32 bits per heavy atom. The van der Waals surface area contributed by atoms with Gasteiger partial charge in [-0.15, -0.1) is 0 Å². The second-order valence-electron chi connectivity index (χ2n) is 4.56. The molecule has 5 nitrogen and oxygen atoms in total. The first-order valence-corrected chi connectivity index (χ1v) is 6.27. The standard InChI is InChI=1S/C14H24N2O3/c1-8-9(2)14(19-5)10(6-12(8)18-4)13(16-3)11(15)7-17/h6,11,13,16-17H,7,15H2,1-5H3. The summed E-state index contributed by atoms with van der Waals surface area (Å²) in [6.45, 7) is 3.86. The lowest BCUT2D eigenvalue weighted by molar-refractivity contribution is 0.238. The molecule has 0 aromatic heterocycles. The van der Waals surface area contributed by atoms with E-state index in [0.29, 0.717) is 0 Å². The molecule has 0 bridgehead atoms. The third-order valence-electron chi connectivity index (χ3n) is 3.53. The minimum Gasteiger partial charge on any atom is -0.496 e. The van der Waals surface area contributed by atoms with Crippen molar-refractivity contribution in [3.63, 3.8) is 0 Å². The Bertz CT molecular complexity index is 435. The molecule has 19 heavy (non-hydrogen) atoms. The van der Waals surface area contributed by atoms with Crippen molar-refractivity contribution in [3.05, 3.63) is 22.8 Å². The van der Waals surface area contributed by atoms with Crippen LogP contribution in [-0.4, -0.2) is 39.0 Å². The van der Waals surface area contributed by atoms with Crippen LogP contribution in [0.3, 0.4) is 0 Å². The molecule has 0 fully saturated rings. The van der Waals surface area contributed by atoms with Gasteiger partial charge in [0.15, 0.2) is 0 Å². The summed E-state index contributed by atoms with van der Waals surface area (Å²) in [5.41, 5.74) is 8.90. The SMILES string of the molecule is CNC(c1cc(OC)c(C)c(C)c1OC)C(N)CO. The summed E-state index contributed by atoms with van der Waals surface area (Å²) in [6.07, 6.45) is 0. The Morgan fingerprint density at radius 1 is 1.26 bits per heavy atom. The van der Waals surface area contributed by atoms with Gasteiger partial charge in [0.05, 0.1) is 26.9 Å². The van der Waals surface area contributed by atoms with Crippen LogP contribution in [0.25, 0.3) is 0 Å². The van der Waals surface area contributed by atoms with E-state index >= 15 is 0 Å². The van der Waals surface area contributed by atoms with Crippen LogP contribution in [0.4, 0.5) is 0 Å². The molecule has 0 aliphatic rings. The molecule has 5 heteroatoms. The molecule has 0 saturated carbocycles. The first-order valence-electron chi connectivity index (χ1n) is 6.27. The number of nitrogens with two attached hydrogens (primary N) is 1. The van der Waals surface area contributed by atoms with Crippen LogP contribution in [0.1, 0.15) is 22.7 Å². The van der Waals surface area contributed by atoms with Crippen molar-refractivity contribution in [2.24, 2.45) is 5.73 Å². The maximum Gasteiger partial charge on any atom is 0.127 e. The van der Waals surface area contributed by atoms with Crippen molar-refractivity contribution in [1.29, 1.82) is 0 Å². The first-order chi connectivity index (χ1) is 9.01. The summed E-state index contributed by atoms with van der Waals surface area (Å²) >= 11 is 0. The fraction of sp³-hybridized carbons (Fsp3) is 0.571. The van der Waals surface area contributed by atoms with Gasteiger partial charge in [0.2, 0.25) is 0 Å². The van der Waals surface area contributed by atoms with Crippen LogP contribution < -0.4 is 20.5 Å². The summed E-state index contributed by atoms with van der Waals surface area (Å²) in [6, 6.07) is 1.30. The third-order valence-corrected chi connectivity index (χ3v) is 3.53. The van der Waals surface area contributed by atoms with Crippen molar-refractivity contribution in [1.82, 2.24) is 5.32 Å². The number of likely N-dealkylation sites (N-methyl/N-ethyl adjacent to an activating group) is 1. The zero-order valence-electron chi connectivity index (χ0n) is 12.3. The fourth-order valence-electron chi connectivity index (χ4n) is 2.31. The molecule has 4 N–H and O–H groups in total. The molecule has 0 radical (unpaired) electrons. The molecule has 1 aromatic carbocycles. The number of aliphatic hydroxyl groups is 1. The van der Waals surface area contributed by atoms with Crippen LogP contribution in [0.2, 0.25) is 0 Å². The maximum absolute atomic E-state index is 9.27. The van der Waals surface area contributed by atoms with E-state index in [0.717, 1.165) is 28.2 Å². The summed E-state index contributed by atoms with van der Waals surface area (Å²) in [5, 5.41) is 12.4. The van der Waals surface area contributed by atoms with Gasteiger partial charge in [-0.3, -0.25) is 0 Å². The van der Waals surface area contributed by atoms with Gasteiger partial charge in [-0.2, -0.15) is 0 Å². The summed E-state index contributed by atoms with van der Waals surface area (Å²) in [4.78, 5) is 0. The largest absolute Gasteiger partial charge is 0.496 e. The molecule has 2 unspecified atom stereocenters. The highest BCUT2D eigenvalue weighted by atomic mass is 16.5. The van der Waals surface area contributed by atoms with Gasteiger partial charge in [-0.25, -0.2) is 0 Å². The van der Waals surface area contributed by atoms with E-state index in [9.17, 15) is 5.11 Å². The number of methoxy groups -OCH3 is 2. The van der Waals surface area contributed by atoms with Crippen molar-refractivity contribution in [2.45, 2.75) is 25.9 Å². The lowest BCUT2D eigenvalue weighted by atomic mass is 9.94. The molecule has 108 valence electrons. The van der Waals surface area contributed by atoms with E-state index in [1.54, 1.807) is 21.3 Å². The van der Waals surface area contributed by atoms with Crippen molar-refractivity contribution in [2.75, 3.05) is 27.9 Å². The van der Waals surface area contributed by atoms with Crippen LogP contribution in [0.15, 0.2) is 6.07 Å². The number of hydrogen-bond donors (Lipinski definition) is 3. The molecular weight excluding hydrogens is 244 g/mol. The zero-order valence-corrected chi connectivity index (χ0v) is 12.3. The van der Waals surface area contributed by atoms with Gasteiger partial charge in [-0.05, 0) is 38.1 Å². The van der Waals surface area contributed by atoms with Crippen LogP contribution in [0, 0.1) is 13.8 Å². The smallest absolute Gasteiger partial charge is 0.127 e. The molecule has 1 rings (SSSR count). The highest BCUT2D eigenvalue weighted by Gasteiger charge is 2.24. The molecule has 0 aliphatic heterocycles. The average molecular weight is 268 g/mol. The molecule has 2 atom stereocenters. The number of ether oxygens (including phenoxy) is 2. The van der Waals surface area contributed by atoms with Crippen molar-refractivity contribution < 1.29 is 14.6 Å². The normalized spacial score (nSPS) is 14.1. The molecule has 0 amide bonds. The molecule has 0 saturated heterocycles. The van der Waals surface area contributed by atoms with E-state index < -0.39 is 6.04 Å². The van der Waals surface area contributed by atoms with Gasteiger partial charge < -0.3 is 25.6 Å². The molecule has 0 heterocycles. The fourth-order valence-corrected chi connectivity index (χ4v) is 2.31. The van der Waals surface area contributed by atoms with Crippen molar-refractivity contribution >= 4 is 0 Å². The number of aliphatic hydroxyl groups excluding tert-OH is 1. The third kappa shape index (κ3) is 3.00. The van der Waals surface area contributed by atoms with E-state index in [-0.39, 0.29) is 12.6 Å². The lowest BCUT2D eigenvalue weighted by Gasteiger charge is -2.26. The monoisotopic (exact) mass is 268 g/mol.